The van der Waals surface area contributed by atoms with Gasteiger partial charge < -0.3 is 24.8 Å². The normalized spacial score (nSPS) is 26.1. The largest absolute Gasteiger partial charge is 0.383 e. The van der Waals surface area contributed by atoms with E-state index in [-0.39, 0.29) is 6.03 Å². The molecule has 0 aromatic heterocycles. The summed E-state index contributed by atoms with van der Waals surface area (Å²) in [6.45, 7) is 6.34. The standard InChI is InChI=1S/C16H32N4O2/c1-18(11-12-22-3)10-7-17-16(21)20-8-4-5-14-13-19(2)9-6-15(14)20/h14-15H,4-13H2,1-3H3,(H,17,21)/t14-,15+/m1/s1. The number of fused-ring (bicyclic) bond motifs is 1. The molecular formula is C16H32N4O2. The van der Waals surface area contributed by atoms with Crippen LogP contribution in [0.4, 0.5) is 4.79 Å². The van der Waals surface area contributed by atoms with Crippen LogP contribution in [-0.4, -0.2) is 93.9 Å². The van der Waals surface area contributed by atoms with Gasteiger partial charge >= 0.3 is 6.03 Å². The second-order valence-corrected chi connectivity index (χ2v) is 6.74. The van der Waals surface area contributed by atoms with E-state index in [2.05, 4.69) is 34.1 Å². The summed E-state index contributed by atoms with van der Waals surface area (Å²) >= 11 is 0. The molecule has 22 heavy (non-hydrogen) atoms. The minimum atomic E-state index is 0.124. The first-order chi connectivity index (χ1) is 10.6. The fourth-order valence-corrected chi connectivity index (χ4v) is 3.65. The summed E-state index contributed by atoms with van der Waals surface area (Å²) in [5.74, 6) is 0.655. The first-order valence-electron chi connectivity index (χ1n) is 8.52. The molecule has 0 unspecified atom stereocenters. The van der Waals surface area contributed by atoms with Crippen molar-refractivity contribution in [2.75, 3.05) is 67.1 Å². The van der Waals surface area contributed by atoms with Crippen molar-refractivity contribution in [3.05, 3.63) is 0 Å². The van der Waals surface area contributed by atoms with E-state index in [0.29, 0.717) is 18.5 Å². The number of nitrogens with one attached hydrogen (secondary N) is 1. The van der Waals surface area contributed by atoms with E-state index in [1.807, 2.05) is 0 Å². The van der Waals surface area contributed by atoms with Gasteiger partial charge in [0, 0.05) is 45.9 Å². The molecule has 6 heteroatoms. The summed E-state index contributed by atoms with van der Waals surface area (Å²) in [4.78, 5) is 19.2. The molecule has 2 rings (SSSR count). The molecule has 2 fully saturated rings. The summed E-state index contributed by atoms with van der Waals surface area (Å²) in [5, 5.41) is 3.09. The topological polar surface area (TPSA) is 48.1 Å². The van der Waals surface area contributed by atoms with Gasteiger partial charge in [0.2, 0.25) is 0 Å². The van der Waals surface area contributed by atoms with E-state index in [9.17, 15) is 4.79 Å². The van der Waals surface area contributed by atoms with Crippen molar-refractivity contribution < 1.29 is 9.53 Å². The number of hydrogen-bond acceptors (Lipinski definition) is 4. The van der Waals surface area contributed by atoms with Gasteiger partial charge in [-0.15, -0.1) is 0 Å². The predicted molar refractivity (Wildman–Crippen MR) is 88.1 cm³/mol. The Balaban J connectivity index is 1.74. The number of piperidine rings is 2. The third-order valence-electron chi connectivity index (χ3n) is 4.98. The number of rotatable bonds is 6. The molecule has 2 amide bonds. The average molecular weight is 312 g/mol. The fraction of sp³-hybridized carbons (Fsp3) is 0.938. The average Bonchev–Trinajstić information content (AvgIpc) is 2.51. The molecule has 2 heterocycles. The summed E-state index contributed by atoms with van der Waals surface area (Å²) in [5.41, 5.74) is 0. The minimum Gasteiger partial charge on any atom is -0.383 e. The third-order valence-corrected chi connectivity index (χ3v) is 4.98. The highest BCUT2D eigenvalue weighted by Crippen LogP contribution is 2.29. The van der Waals surface area contributed by atoms with E-state index >= 15 is 0 Å². The lowest BCUT2D eigenvalue weighted by molar-refractivity contribution is 0.0532. The Morgan fingerprint density at radius 3 is 2.91 bits per heavy atom. The Morgan fingerprint density at radius 1 is 1.32 bits per heavy atom. The molecule has 0 bridgehead atoms. The highest BCUT2D eigenvalue weighted by molar-refractivity contribution is 5.74. The van der Waals surface area contributed by atoms with Crippen LogP contribution in [-0.2, 0) is 4.74 Å². The van der Waals surface area contributed by atoms with Crippen molar-refractivity contribution in [2.24, 2.45) is 5.92 Å². The number of ether oxygens (including phenoxy) is 1. The van der Waals surface area contributed by atoms with Crippen LogP contribution in [0.5, 0.6) is 0 Å². The number of amides is 2. The first-order valence-corrected chi connectivity index (χ1v) is 8.52. The highest BCUT2D eigenvalue weighted by Gasteiger charge is 2.37. The number of nitrogens with zero attached hydrogens (tertiary/aromatic N) is 3. The Bertz CT molecular complexity index is 353. The van der Waals surface area contributed by atoms with E-state index in [1.54, 1.807) is 7.11 Å². The number of carbonyl (C=O) groups is 1. The first kappa shape index (κ1) is 17.5. The second kappa shape index (κ2) is 8.70. The van der Waals surface area contributed by atoms with Gasteiger partial charge in [-0.1, -0.05) is 0 Å². The van der Waals surface area contributed by atoms with Crippen LogP contribution in [0.1, 0.15) is 19.3 Å². The van der Waals surface area contributed by atoms with E-state index < -0.39 is 0 Å². The van der Waals surface area contributed by atoms with Gasteiger partial charge in [0.25, 0.3) is 0 Å². The fourth-order valence-electron chi connectivity index (χ4n) is 3.65. The quantitative estimate of drug-likeness (QED) is 0.784. The molecule has 128 valence electrons. The number of likely N-dealkylation sites (N-methyl/N-ethyl adjacent to an activating group) is 1. The smallest absolute Gasteiger partial charge is 0.317 e. The van der Waals surface area contributed by atoms with Crippen LogP contribution in [0.2, 0.25) is 0 Å². The molecule has 0 radical (unpaired) electrons. The summed E-state index contributed by atoms with van der Waals surface area (Å²) in [6.07, 6.45) is 3.51. The zero-order valence-corrected chi connectivity index (χ0v) is 14.4. The molecule has 2 aliphatic heterocycles. The van der Waals surface area contributed by atoms with Crippen molar-refractivity contribution in [3.63, 3.8) is 0 Å². The lowest BCUT2D eigenvalue weighted by Crippen LogP contribution is -2.57. The van der Waals surface area contributed by atoms with Crippen LogP contribution in [0.3, 0.4) is 0 Å². The van der Waals surface area contributed by atoms with Crippen molar-refractivity contribution in [1.82, 2.24) is 20.0 Å². The third kappa shape index (κ3) is 4.83. The van der Waals surface area contributed by atoms with E-state index in [0.717, 1.165) is 52.2 Å². The number of methoxy groups -OCH3 is 1. The molecule has 2 atom stereocenters. The van der Waals surface area contributed by atoms with Gasteiger partial charge in [0.1, 0.15) is 0 Å². The molecule has 0 aliphatic carbocycles. The summed E-state index contributed by atoms with van der Waals surface area (Å²) in [7, 11) is 5.95. The van der Waals surface area contributed by atoms with Crippen molar-refractivity contribution >= 4 is 6.03 Å². The lowest BCUT2D eigenvalue weighted by Gasteiger charge is -2.46. The molecule has 0 aromatic carbocycles. The van der Waals surface area contributed by atoms with E-state index in [4.69, 9.17) is 4.74 Å². The van der Waals surface area contributed by atoms with Gasteiger partial charge in [-0.05, 0) is 45.8 Å². The van der Waals surface area contributed by atoms with Crippen LogP contribution in [0.25, 0.3) is 0 Å². The van der Waals surface area contributed by atoms with Crippen molar-refractivity contribution in [2.45, 2.75) is 25.3 Å². The Hall–Kier alpha value is -0.850. The van der Waals surface area contributed by atoms with Crippen molar-refractivity contribution in [3.8, 4) is 0 Å². The Kier molecular flexibility index (Phi) is 6.92. The van der Waals surface area contributed by atoms with Gasteiger partial charge in [-0.3, -0.25) is 0 Å². The maximum atomic E-state index is 12.5. The zero-order valence-electron chi connectivity index (χ0n) is 14.4. The molecule has 0 saturated carbocycles. The van der Waals surface area contributed by atoms with Crippen molar-refractivity contribution in [1.29, 1.82) is 0 Å². The van der Waals surface area contributed by atoms with Crippen LogP contribution < -0.4 is 5.32 Å². The molecule has 1 N–H and O–H groups in total. The lowest BCUT2D eigenvalue weighted by atomic mass is 9.84. The highest BCUT2D eigenvalue weighted by atomic mass is 16.5. The van der Waals surface area contributed by atoms with Crippen LogP contribution in [0.15, 0.2) is 0 Å². The number of carbonyl (C=O) groups excluding carboxylic acids is 1. The Morgan fingerprint density at radius 2 is 2.14 bits per heavy atom. The Labute approximate surface area is 134 Å². The monoisotopic (exact) mass is 312 g/mol. The van der Waals surface area contributed by atoms with Gasteiger partial charge in [0.15, 0.2) is 0 Å². The number of hydrogen-bond donors (Lipinski definition) is 1. The SMILES string of the molecule is COCCN(C)CCNC(=O)N1CCC[C@@H]2CN(C)CC[C@@H]21. The molecule has 2 aliphatic rings. The zero-order chi connectivity index (χ0) is 15.9. The second-order valence-electron chi connectivity index (χ2n) is 6.74. The molecule has 0 spiro atoms. The maximum Gasteiger partial charge on any atom is 0.317 e. The van der Waals surface area contributed by atoms with Gasteiger partial charge in [-0.25, -0.2) is 4.79 Å². The summed E-state index contributed by atoms with van der Waals surface area (Å²) < 4.78 is 5.06. The van der Waals surface area contributed by atoms with Crippen LogP contribution >= 0.6 is 0 Å². The predicted octanol–water partition coefficient (Wildman–Crippen LogP) is 0.690. The number of likely N-dealkylation sites (tertiary alicyclic amines) is 2. The molecule has 6 nitrogen and oxygen atoms in total. The number of urea groups is 1. The van der Waals surface area contributed by atoms with E-state index in [1.165, 1.54) is 6.42 Å². The molecule has 0 aromatic rings. The van der Waals surface area contributed by atoms with Gasteiger partial charge in [-0.2, -0.15) is 0 Å². The van der Waals surface area contributed by atoms with Crippen LogP contribution in [0, 0.1) is 5.92 Å². The summed E-state index contributed by atoms with van der Waals surface area (Å²) in [6, 6.07) is 0.565. The maximum absolute atomic E-state index is 12.5. The molecular weight excluding hydrogens is 280 g/mol. The molecule has 2 saturated heterocycles. The van der Waals surface area contributed by atoms with Gasteiger partial charge in [0.05, 0.1) is 6.61 Å². The minimum absolute atomic E-state index is 0.124.